The Morgan fingerprint density at radius 3 is 2.22 bits per heavy atom. The highest BCUT2D eigenvalue weighted by atomic mass is 35.5. The number of halogens is 1. The van der Waals surface area contributed by atoms with E-state index in [0.29, 0.717) is 10.6 Å². The van der Waals surface area contributed by atoms with Crippen molar-refractivity contribution in [2.45, 2.75) is 0 Å². The number of hydrogen-bond acceptors (Lipinski definition) is 1. The maximum atomic E-state index is 11.3. The number of carboxylic acids is 1. The van der Waals surface area contributed by atoms with Crippen molar-refractivity contribution in [3.63, 3.8) is 0 Å². The van der Waals surface area contributed by atoms with Gasteiger partial charge in [0.15, 0.2) is 0 Å². The summed E-state index contributed by atoms with van der Waals surface area (Å²) < 4.78 is 0. The van der Waals surface area contributed by atoms with Gasteiger partial charge in [0.25, 0.3) is 0 Å². The summed E-state index contributed by atoms with van der Waals surface area (Å²) in [6, 6.07) is 16.2. The lowest BCUT2D eigenvalue weighted by Gasteiger charge is -2.05. The second-order valence-corrected chi connectivity index (χ2v) is 4.16. The summed E-state index contributed by atoms with van der Waals surface area (Å²) in [5.74, 6) is -0.994. The van der Waals surface area contributed by atoms with Crippen molar-refractivity contribution in [1.82, 2.24) is 0 Å². The van der Waals surface area contributed by atoms with E-state index in [0.717, 1.165) is 5.56 Å². The second-order valence-electron chi connectivity index (χ2n) is 3.75. The Balaban J connectivity index is 2.51. The van der Waals surface area contributed by atoms with Gasteiger partial charge >= 0.3 is 5.97 Å². The van der Waals surface area contributed by atoms with Crippen molar-refractivity contribution in [2.75, 3.05) is 0 Å². The van der Waals surface area contributed by atoms with Gasteiger partial charge in [-0.05, 0) is 17.7 Å². The zero-order chi connectivity index (χ0) is 13.0. The third-order valence-electron chi connectivity index (χ3n) is 2.51. The zero-order valence-electron chi connectivity index (χ0n) is 9.51. The second kappa shape index (κ2) is 5.52. The molecule has 1 N–H and O–H groups in total. The van der Waals surface area contributed by atoms with Crippen molar-refractivity contribution in [1.29, 1.82) is 0 Å². The van der Waals surface area contributed by atoms with E-state index in [9.17, 15) is 9.90 Å². The highest BCUT2D eigenvalue weighted by molar-refractivity contribution is 6.35. The number of carboxylic acid groups (broad SMARTS) is 1. The van der Waals surface area contributed by atoms with Crippen LogP contribution in [0.4, 0.5) is 0 Å². The van der Waals surface area contributed by atoms with E-state index >= 15 is 0 Å². The topological polar surface area (TPSA) is 37.3 Å². The molecule has 0 bridgehead atoms. The predicted octanol–water partition coefficient (Wildman–Crippen LogP) is 3.97. The molecule has 0 unspecified atom stereocenters. The summed E-state index contributed by atoms with van der Waals surface area (Å²) in [6.07, 6.45) is 1.61. The number of benzene rings is 2. The third kappa shape index (κ3) is 2.79. The van der Waals surface area contributed by atoms with Crippen molar-refractivity contribution in [2.24, 2.45) is 0 Å². The molecule has 0 fully saturated rings. The molecule has 0 aliphatic carbocycles. The van der Waals surface area contributed by atoms with Gasteiger partial charge in [-0.15, -0.1) is 0 Å². The monoisotopic (exact) mass is 258 g/mol. The van der Waals surface area contributed by atoms with Crippen LogP contribution in [0.2, 0.25) is 5.02 Å². The van der Waals surface area contributed by atoms with Crippen molar-refractivity contribution in [3.05, 3.63) is 70.7 Å². The molecule has 2 rings (SSSR count). The van der Waals surface area contributed by atoms with Gasteiger partial charge in [0.1, 0.15) is 0 Å². The van der Waals surface area contributed by atoms with Crippen LogP contribution in [0.1, 0.15) is 11.1 Å². The molecule has 3 heteroatoms. The van der Waals surface area contributed by atoms with Gasteiger partial charge in [-0.25, -0.2) is 4.79 Å². The first-order valence-corrected chi connectivity index (χ1v) is 5.81. The van der Waals surface area contributed by atoms with E-state index in [1.165, 1.54) is 0 Å². The molecule has 0 aromatic heterocycles. The van der Waals surface area contributed by atoms with Crippen LogP contribution in [0.15, 0.2) is 54.6 Å². The molecule has 0 radical (unpaired) electrons. The first-order chi connectivity index (χ1) is 8.68. The van der Waals surface area contributed by atoms with Crippen molar-refractivity contribution >= 4 is 29.2 Å². The van der Waals surface area contributed by atoms with E-state index in [1.807, 2.05) is 30.3 Å². The molecule has 2 aromatic carbocycles. The highest BCUT2D eigenvalue weighted by Crippen LogP contribution is 2.25. The van der Waals surface area contributed by atoms with E-state index in [-0.39, 0.29) is 5.57 Å². The van der Waals surface area contributed by atoms with Gasteiger partial charge in [0.05, 0.1) is 5.57 Å². The minimum atomic E-state index is -0.994. The van der Waals surface area contributed by atoms with Gasteiger partial charge in [0, 0.05) is 10.6 Å². The van der Waals surface area contributed by atoms with Crippen LogP contribution in [0, 0.1) is 0 Å². The maximum Gasteiger partial charge on any atom is 0.336 e. The largest absolute Gasteiger partial charge is 0.478 e. The van der Waals surface area contributed by atoms with E-state index in [2.05, 4.69) is 0 Å². The molecule has 0 spiro atoms. The van der Waals surface area contributed by atoms with Crippen LogP contribution < -0.4 is 0 Å². The zero-order valence-corrected chi connectivity index (χ0v) is 10.3. The molecule has 0 aliphatic heterocycles. The Labute approximate surface area is 110 Å². The van der Waals surface area contributed by atoms with Gasteiger partial charge < -0.3 is 5.11 Å². The first-order valence-electron chi connectivity index (χ1n) is 5.43. The SMILES string of the molecule is O=C(O)/C(=C/c1ccccc1)c1ccccc1Cl. The minimum Gasteiger partial charge on any atom is -0.478 e. The number of rotatable bonds is 3. The lowest BCUT2D eigenvalue weighted by molar-refractivity contribution is -0.130. The van der Waals surface area contributed by atoms with Crippen LogP contribution in [-0.2, 0) is 4.79 Å². The fraction of sp³-hybridized carbons (Fsp3) is 0. The first kappa shape index (κ1) is 12.4. The van der Waals surface area contributed by atoms with E-state index < -0.39 is 5.97 Å². The summed E-state index contributed by atoms with van der Waals surface area (Å²) in [7, 11) is 0. The molecule has 0 aliphatic rings. The van der Waals surface area contributed by atoms with Crippen molar-refractivity contribution in [3.8, 4) is 0 Å². The third-order valence-corrected chi connectivity index (χ3v) is 2.83. The predicted molar refractivity (Wildman–Crippen MR) is 73.4 cm³/mol. The van der Waals surface area contributed by atoms with E-state index in [1.54, 1.807) is 30.3 Å². The number of carbonyl (C=O) groups is 1. The number of hydrogen-bond donors (Lipinski definition) is 1. The highest BCUT2D eigenvalue weighted by Gasteiger charge is 2.13. The number of aliphatic carboxylic acids is 1. The average Bonchev–Trinajstić information content (AvgIpc) is 2.38. The molecule has 90 valence electrons. The summed E-state index contributed by atoms with van der Waals surface area (Å²) >= 11 is 6.03. The normalized spacial score (nSPS) is 11.3. The molecular formula is C15H11ClO2. The standard InChI is InChI=1S/C15H11ClO2/c16-14-9-5-4-8-12(14)13(15(17)18)10-11-6-2-1-3-7-11/h1-10H,(H,17,18)/b13-10+. The molecule has 0 saturated carbocycles. The molecule has 2 nitrogen and oxygen atoms in total. The Morgan fingerprint density at radius 2 is 1.61 bits per heavy atom. The van der Waals surface area contributed by atoms with Gasteiger partial charge in [0.2, 0.25) is 0 Å². The van der Waals surface area contributed by atoms with Gasteiger partial charge in [-0.3, -0.25) is 0 Å². The van der Waals surface area contributed by atoms with Crippen LogP contribution in [0.25, 0.3) is 11.6 Å². The smallest absolute Gasteiger partial charge is 0.336 e. The van der Waals surface area contributed by atoms with Crippen LogP contribution >= 0.6 is 11.6 Å². The Kier molecular flexibility index (Phi) is 3.80. The Bertz CT molecular complexity index is 588. The molecule has 0 heterocycles. The van der Waals surface area contributed by atoms with Crippen LogP contribution in [-0.4, -0.2) is 11.1 Å². The molecule has 2 aromatic rings. The summed E-state index contributed by atoms with van der Waals surface area (Å²) in [4.78, 5) is 11.3. The summed E-state index contributed by atoms with van der Waals surface area (Å²) in [5.41, 5.74) is 1.54. The van der Waals surface area contributed by atoms with Crippen LogP contribution in [0.5, 0.6) is 0 Å². The lowest BCUT2D eigenvalue weighted by atomic mass is 10.0. The molecule has 0 saturated heterocycles. The van der Waals surface area contributed by atoms with Gasteiger partial charge in [-0.2, -0.15) is 0 Å². The molecule has 0 atom stereocenters. The molecule has 0 amide bonds. The summed E-state index contributed by atoms with van der Waals surface area (Å²) in [5, 5.41) is 9.72. The molecular weight excluding hydrogens is 248 g/mol. The van der Waals surface area contributed by atoms with E-state index in [4.69, 9.17) is 11.6 Å². The van der Waals surface area contributed by atoms with Crippen LogP contribution in [0.3, 0.4) is 0 Å². The van der Waals surface area contributed by atoms with Crippen molar-refractivity contribution < 1.29 is 9.90 Å². The fourth-order valence-electron chi connectivity index (χ4n) is 1.65. The Hall–Kier alpha value is -2.06. The minimum absolute atomic E-state index is 0.187. The van der Waals surface area contributed by atoms with Gasteiger partial charge in [-0.1, -0.05) is 60.1 Å². The fourth-order valence-corrected chi connectivity index (χ4v) is 1.89. The molecule has 18 heavy (non-hydrogen) atoms. The Morgan fingerprint density at radius 1 is 1.00 bits per heavy atom. The average molecular weight is 259 g/mol. The summed E-state index contributed by atoms with van der Waals surface area (Å²) in [6.45, 7) is 0. The maximum absolute atomic E-state index is 11.3. The quantitative estimate of drug-likeness (QED) is 0.668. The lowest BCUT2D eigenvalue weighted by Crippen LogP contribution is -2.00.